The van der Waals surface area contributed by atoms with Crippen molar-refractivity contribution < 1.29 is 4.79 Å². The second-order valence-electron chi connectivity index (χ2n) is 6.06. The summed E-state index contributed by atoms with van der Waals surface area (Å²) in [6.07, 6.45) is 0.983. The van der Waals surface area contributed by atoms with Gasteiger partial charge >= 0.3 is 0 Å². The molecule has 5 nitrogen and oxygen atoms in total. The van der Waals surface area contributed by atoms with Crippen LogP contribution < -0.4 is 16.2 Å². The number of aromatic nitrogens is 1. The van der Waals surface area contributed by atoms with Gasteiger partial charge in [0.15, 0.2) is 5.11 Å². The van der Waals surface area contributed by atoms with E-state index in [2.05, 4.69) is 35.2 Å². The van der Waals surface area contributed by atoms with Crippen LogP contribution in [0.4, 0.5) is 0 Å². The third-order valence-corrected chi connectivity index (χ3v) is 4.49. The molecule has 0 aliphatic rings. The second-order valence-corrected chi connectivity index (χ2v) is 6.47. The zero-order valence-corrected chi connectivity index (χ0v) is 16.2. The van der Waals surface area contributed by atoms with Gasteiger partial charge in [-0.05, 0) is 43.3 Å². The largest absolute Gasteiger partial charge is 0.362 e. The Kier molecular flexibility index (Phi) is 5.98. The maximum Gasteiger partial charge on any atom is 0.270 e. The van der Waals surface area contributed by atoms with E-state index >= 15 is 0 Å². The molecule has 0 bridgehead atoms. The molecule has 0 aliphatic heterocycles. The van der Waals surface area contributed by atoms with E-state index in [4.69, 9.17) is 17.2 Å². The topological polar surface area (TPSA) is 66.0 Å². The standard InChI is InChI=1S/C21H22N4OS/c1-3-14-9-11-15(12-10-14)19-13-17(16-7-5-6-8-18(16)23-19)20(26)24-25-21(27)22-4-2/h5-13H,3-4H2,1-2H3,(H,24,26)(H2,22,25,27). The van der Waals surface area contributed by atoms with E-state index in [-0.39, 0.29) is 5.91 Å². The Hall–Kier alpha value is -2.99. The lowest BCUT2D eigenvalue weighted by molar-refractivity contribution is 0.0945. The van der Waals surface area contributed by atoms with Gasteiger partial charge in [0.25, 0.3) is 5.91 Å². The van der Waals surface area contributed by atoms with Gasteiger partial charge in [-0.1, -0.05) is 49.4 Å². The molecule has 2 aromatic carbocycles. The molecule has 6 heteroatoms. The van der Waals surface area contributed by atoms with Gasteiger partial charge in [0.05, 0.1) is 16.8 Å². The van der Waals surface area contributed by atoms with Gasteiger partial charge in [-0.3, -0.25) is 15.6 Å². The Bertz CT molecular complexity index is 970. The summed E-state index contributed by atoms with van der Waals surface area (Å²) in [5.74, 6) is -0.264. The number of fused-ring (bicyclic) bond motifs is 1. The molecule has 1 aromatic heterocycles. The molecule has 27 heavy (non-hydrogen) atoms. The van der Waals surface area contributed by atoms with Gasteiger partial charge in [0.2, 0.25) is 0 Å². The van der Waals surface area contributed by atoms with Gasteiger partial charge < -0.3 is 5.32 Å². The molecule has 0 saturated heterocycles. The Labute approximate surface area is 164 Å². The van der Waals surface area contributed by atoms with Crippen molar-refractivity contribution in [2.24, 2.45) is 0 Å². The molecule has 138 valence electrons. The lowest BCUT2D eigenvalue weighted by Crippen LogP contribution is -2.46. The second kappa shape index (κ2) is 8.60. The summed E-state index contributed by atoms with van der Waals surface area (Å²) < 4.78 is 0. The first-order chi connectivity index (χ1) is 13.1. The molecule has 0 fully saturated rings. The van der Waals surface area contributed by atoms with E-state index in [1.165, 1.54) is 5.56 Å². The van der Waals surface area contributed by atoms with Gasteiger partial charge in [0.1, 0.15) is 0 Å². The fourth-order valence-electron chi connectivity index (χ4n) is 2.81. The monoisotopic (exact) mass is 378 g/mol. The number of hydrogen-bond acceptors (Lipinski definition) is 3. The summed E-state index contributed by atoms with van der Waals surface area (Å²) in [7, 11) is 0. The molecule has 0 aliphatic carbocycles. The highest BCUT2D eigenvalue weighted by Crippen LogP contribution is 2.25. The predicted molar refractivity (Wildman–Crippen MR) is 113 cm³/mol. The highest BCUT2D eigenvalue weighted by Gasteiger charge is 2.14. The maximum atomic E-state index is 12.8. The fraction of sp³-hybridized carbons (Fsp3) is 0.190. The van der Waals surface area contributed by atoms with Crippen LogP contribution in [0.3, 0.4) is 0 Å². The first kappa shape index (κ1) is 18.8. The molecule has 3 rings (SSSR count). The zero-order chi connectivity index (χ0) is 19.2. The number of pyridine rings is 1. The van der Waals surface area contributed by atoms with E-state index in [0.29, 0.717) is 17.2 Å². The molecule has 1 amide bonds. The molecular formula is C21H22N4OS. The van der Waals surface area contributed by atoms with Crippen molar-refractivity contribution in [2.75, 3.05) is 6.54 Å². The van der Waals surface area contributed by atoms with Crippen molar-refractivity contribution in [3.05, 3.63) is 65.7 Å². The third-order valence-electron chi connectivity index (χ3n) is 4.25. The summed E-state index contributed by atoms with van der Waals surface area (Å²) in [4.78, 5) is 17.5. The highest BCUT2D eigenvalue weighted by molar-refractivity contribution is 7.80. The Morgan fingerprint density at radius 3 is 2.48 bits per heavy atom. The molecule has 3 aromatic rings. The summed E-state index contributed by atoms with van der Waals surface area (Å²) in [6, 6.07) is 17.7. The van der Waals surface area contributed by atoms with Gasteiger partial charge in [-0.25, -0.2) is 4.98 Å². The van der Waals surface area contributed by atoms with Crippen LogP contribution in [0.2, 0.25) is 0 Å². The van der Waals surface area contributed by atoms with Crippen molar-refractivity contribution in [3.63, 3.8) is 0 Å². The van der Waals surface area contributed by atoms with E-state index in [0.717, 1.165) is 28.6 Å². The van der Waals surface area contributed by atoms with E-state index in [1.807, 2.05) is 49.4 Å². The van der Waals surface area contributed by atoms with Crippen LogP contribution in [0.5, 0.6) is 0 Å². The third kappa shape index (κ3) is 4.41. The van der Waals surface area contributed by atoms with Crippen molar-refractivity contribution in [3.8, 4) is 11.3 Å². The summed E-state index contributed by atoms with van der Waals surface area (Å²) in [5.41, 5.74) is 9.69. The van der Waals surface area contributed by atoms with Crippen LogP contribution in [-0.2, 0) is 6.42 Å². The number of amides is 1. The number of hydrogen-bond donors (Lipinski definition) is 3. The number of aryl methyl sites for hydroxylation is 1. The lowest BCUT2D eigenvalue weighted by atomic mass is 10.0. The van der Waals surface area contributed by atoms with Crippen LogP contribution in [-0.4, -0.2) is 22.5 Å². The quantitative estimate of drug-likeness (QED) is 0.478. The Morgan fingerprint density at radius 1 is 1.04 bits per heavy atom. The minimum Gasteiger partial charge on any atom is -0.362 e. The minimum atomic E-state index is -0.264. The van der Waals surface area contributed by atoms with E-state index < -0.39 is 0 Å². The van der Waals surface area contributed by atoms with Crippen LogP contribution in [0.25, 0.3) is 22.2 Å². The maximum absolute atomic E-state index is 12.8. The number of nitrogens with zero attached hydrogens (tertiary/aromatic N) is 1. The fourth-order valence-corrected chi connectivity index (χ4v) is 3.00. The Balaban J connectivity index is 1.97. The summed E-state index contributed by atoms with van der Waals surface area (Å²) >= 11 is 5.09. The van der Waals surface area contributed by atoms with Gasteiger partial charge in [-0.2, -0.15) is 0 Å². The van der Waals surface area contributed by atoms with Crippen LogP contribution in [0.15, 0.2) is 54.6 Å². The van der Waals surface area contributed by atoms with Crippen LogP contribution in [0.1, 0.15) is 29.8 Å². The molecule has 1 heterocycles. The van der Waals surface area contributed by atoms with Crippen LogP contribution >= 0.6 is 12.2 Å². The number of nitrogens with one attached hydrogen (secondary N) is 3. The van der Waals surface area contributed by atoms with Gasteiger partial charge in [0, 0.05) is 17.5 Å². The highest BCUT2D eigenvalue weighted by atomic mass is 32.1. The number of carbonyl (C=O) groups excluding carboxylic acids is 1. The van der Waals surface area contributed by atoms with Crippen molar-refractivity contribution >= 4 is 34.1 Å². The molecule has 3 N–H and O–H groups in total. The SMILES string of the molecule is CCNC(=S)NNC(=O)c1cc(-c2ccc(CC)cc2)nc2ccccc12. The lowest BCUT2D eigenvalue weighted by Gasteiger charge is -2.13. The normalized spacial score (nSPS) is 10.4. The molecule has 0 spiro atoms. The van der Waals surface area contributed by atoms with E-state index in [9.17, 15) is 4.79 Å². The summed E-state index contributed by atoms with van der Waals surface area (Å²) in [6.45, 7) is 4.73. The van der Waals surface area contributed by atoms with Crippen LogP contribution in [0, 0.1) is 0 Å². The number of hydrazine groups is 1. The molecule has 0 atom stereocenters. The number of rotatable bonds is 4. The number of benzene rings is 2. The molecule has 0 saturated carbocycles. The minimum absolute atomic E-state index is 0.264. The van der Waals surface area contributed by atoms with Crippen molar-refractivity contribution in [2.45, 2.75) is 20.3 Å². The first-order valence-electron chi connectivity index (χ1n) is 8.95. The first-order valence-corrected chi connectivity index (χ1v) is 9.36. The van der Waals surface area contributed by atoms with Gasteiger partial charge in [-0.15, -0.1) is 0 Å². The zero-order valence-electron chi connectivity index (χ0n) is 15.4. The smallest absolute Gasteiger partial charge is 0.270 e. The molecule has 0 unspecified atom stereocenters. The van der Waals surface area contributed by atoms with Crippen molar-refractivity contribution in [1.82, 2.24) is 21.2 Å². The van der Waals surface area contributed by atoms with Crippen molar-refractivity contribution in [1.29, 1.82) is 0 Å². The average Bonchev–Trinajstić information content (AvgIpc) is 2.71. The molecule has 0 radical (unpaired) electrons. The summed E-state index contributed by atoms with van der Waals surface area (Å²) in [5, 5.41) is 4.10. The average molecular weight is 379 g/mol. The number of thiocarbonyl (C=S) groups is 1. The number of para-hydroxylation sites is 1. The number of carbonyl (C=O) groups is 1. The predicted octanol–water partition coefficient (Wildman–Crippen LogP) is 3.59. The van der Waals surface area contributed by atoms with E-state index in [1.54, 1.807) is 0 Å². The molecular weight excluding hydrogens is 356 g/mol. The Morgan fingerprint density at radius 2 is 1.78 bits per heavy atom.